The van der Waals surface area contributed by atoms with Crippen LogP contribution in [0.4, 0.5) is 0 Å². The molecule has 2 N–H and O–H groups in total. The van der Waals surface area contributed by atoms with E-state index in [0.717, 1.165) is 12.8 Å². The zero-order valence-corrected chi connectivity index (χ0v) is 13.7. The van der Waals surface area contributed by atoms with Crippen LogP contribution in [0.1, 0.15) is 46.0 Å². The van der Waals surface area contributed by atoms with Gasteiger partial charge in [-0.1, -0.05) is 58.7 Å². The first-order valence-electron chi connectivity index (χ1n) is 7.12. The third-order valence-corrected chi connectivity index (χ3v) is 4.03. The van der Waals surface area contributed by atoms with Gasteiger partial charge in [-0.15, -0.1) is 5.54 Å². The third-order valence-electron chi connectivity index (χ3n) is 3.15. The van der Waals surface area contributed by atoms with Gasteiger partial charge < -0.3 is 10.2 Å². The van der Waals surface area contributed by atoms with Gasteiger partial charge in [-0.25, -0.2) is 0 Å². The molecule has 2 atom stereocenters. The minimum absolute atomic E-state index is 0.00927. The van der Waals surface area contributed by atoms with Crippen LogP contribution in [0.3, 0.4) is 0 Å². The summed E-state index contributed by atoms with van der Waals surface area (Å²) in [5.74, 6) is 2.89. The van der Waals surface area contributed by atoms with Crippen LogP contribution in [0.2, 0.25) is 19.6 Å². The maximum absolute atomic E-state index is 10.6. The summed E-state index contributed by atoms with van der Waals surface area (Å²) < 4.78 is 0. The predicted molar refractivity (Wildman–Crippen MR) is 81.1 cm³/mol. The van der Waals surface area contributed by atoms with Crippen LogP contribution in [0.5, 0.6) is 0 Å². The molecule has 106 valence electrons. The average molecular weight is 270 g/mol. The summed E-state index contributed by atoms with van der Waals surface area (Å²) in [6.45, 7) is 10.5. The number of aliphatic hydroxyl groups is 2. The minimum atomic E-state index is -1.48. The molecule has 0 radical (unpaired) electrons. The highest BCUT2D eigenvalue weighted by Crippen LogP contribution is 2.24. The monoisotopic (exact) mass is 270 g/mol. The molecule has 2 nitrogen and oxygen atoms in total. The van der Waals surface area contributed by atoms with Crippen molar-refractivity contribution in [3.8, 4) is 11.5 Å². The van der Waals surface area contributed by atoms with Gasteiger partial charge in [-0.3, -0.25) is 0 Å². The molecule has 0 saturated heterocycles. The van der Waals surface area contributed by atoms with Gasteiger partial charge in [0.1, 0.15) is 13.7 Å². The van der Waals surface area contributed by atoms with Crippen molar-refractivity contribution in [2.75, 3.05) is 6.61 Å². The number of hydrogen-bond acceptors (Lipinski definition) is 2. The van der Waals surface area contributed by atoms with Crippen molar-refractivity contribution in [1.29, 1.82) is 0 Å². The number of unbranched alkanes of at least 4 members (excludes halogenated alkanes) is 3. The molecule has 0 aromatic rings. The van der Waals surface area contributed by atoms with Crippen LogP contribution >= 0.6 is 0 Å². The Bertz CT molecular complexity index is 285. The van der Waals surface area contributed by atoms with Crippen LogP contribution in [0, 0.1) is 17.4 Å². The Labute approximate surface area is 114 Å². The van der Waals surface area contributed by atoms with Gasteiger partial charge in [-0.2, -0.15) is 0 Å². The zero-order chi connectivity index (χ0) is 14.2. The summed E-state index contributed by atoms with van der Waals surface area (Å²) in [6.07, 6.45) is 5.17. The van der Waals surface area contributed by atoms with Crippen LogP contribution in [-0.4, -0.2) is 30.5 Å². The molecule has 18 heavy (non-hydrogen) atoms. The molecule has 0 aromatic heterocycles. The SMILES string of the molecule is CCCCCCC(O)(C#C[Si](C)(C)C)C(C)CO. The Hall–Kier alpha value is -0.303. The van der Waals surface area contributed by atoms with Gasteiger partial charge in [0, 0.05) is 12.5 Å². The molecule has 0 spiro atoms. The van der Waals surface area contributed by atoms with E-state index in [2.05, 4.69) is 38.0 Å². The summed E-state index contributed by atoms with van der Waals surface area (Å²) in [5.41, 5.74) is 2.24. The fraction of sp³-hybridized carbons (Fsp3) is 0.867. The molecule has 0 fully saturated rings. The Kier molecular flexibility index (Phi) is 7.85. The molecule has 3 heteroatoms. The fourth-order valence-electron chi connectivity index (χ4n) is 1.70. The molecule has 2 unspecified atom stereocenters. The van der Waals surface area contributed by atoms with E-state index in [9.17, 15) is 10.2 Å². The van der Waals surface area contributed by atoms with E-state index in [4.69, 9.17) is 0 Å². The first-order valence-corrected chi connectivity index (χ1v) is 10.6. The Morgan fingerprint density at radius 3 is 2.22 bits per heavy atom. The normalized spacial score (nSPS) is 16.6. The number of aliphatic hydroxyl groups excluding tert-OH is 1. The smallest absolute Gasteiger partial charge is 0.129 e. The van der Waals surface area contributed by atoms with Crippen molar-refractivity contribution in [1.82, 2.24) is 0 Å². The van der Waals surface area contributed by atoms with Crippen molar-refractivity contribution in [2.24, 2.45) is 5.92 Å². The quantitative estimate of drug-likeness (QED) is 0.424. The number of rotatable bonds is 7. The molecule has 0 bridgehead atoms. The molecular weight excluding hydrogens is 240 g/mol. The summed E-state index contributed by atoms with van der Waals surface area (Å²) in [6, 6.07) is 0. The van der Waals surface area contributed by atoms with Crippen molar-refractivity contribution >= 4 is 8.07 Å². The first-order chi connectivity index (χ1) is 8.25. The highest BCUT2D eigenvalue weighted by atomic mass is 28.3. The van der Waals surface area contributed by atoms with Gasteiger partial charge in [0.05, 0.1) is 0 Å². The zero-order valence-electron chi connectivity index (χ0n) is 12.7. The summed E-state index contributed by atoms with van der Waals surface area (Å²) in [5, 5.41) is 19.9. The highest BCUT2D eigenvalue weighted by Gasteiger charge is 2.31. The molecule has 0 rings (SSSR count). The maximum Gasteiger partial charge on any atom is 0.129 e. The van der Waals surface area contributed by atoms with Crippen molar-refractivity contribution in [3.63, 3.8) is 0 Å². The Balaban J connectivity index is 4.67. The molecule has 0 aliphatic heterocycles. The van der Waals surface area contributed by atoms with E-state index < -0.39 is 13.7 Å². The Morgan fingerprint density at radius 2 is 1.78 bits per heavy atom. The van der Waals surface area contributed by atoms with Crippen molar-refractivity contribution in [2.45, 2.75) is 71.2 Å². The van der Waals surface area contributed by atoms with E-state index in [1.54, 1.807) is 0 Å². The topological polar surface area (TPSA) is 40.5 Å². The largest absolute Gasteiger partial charge is 0.396 e. The molecule has 0 amide bonds. The van der Waals surface area contributed by atoms with E-state index in [0.29, 0.717) is 6.42 Å². The third kappa shape index (κ3) is 7.20. The second-order valence-corrected chi connectivity index (χ2v) is 11.1. The molecule has 0 aromatic carbocycles. The molecule has 0 aliphatic rings. The Morgan fingerprint density at radius 1 is 1.17 bits per heavy atom. The lowest BCUT2D eigenvalue weighted by Gasteiger charge is -2.28. The van der Waals surface area contributed by atoms with E-state index in [1.807, 2.05) is 6.92 Å². The molecule has 0 aliphatic carbocycles. The van der Waals surface area contributed by atoms with Gasteiger partial charge in [0.15, 0.2) is 0 Å². The fourth-order valence-corrected chi connectivity index (χ4v) is 2.29. The maximum atomic E-state index is 10.6. The average Bonchev–Trinajstić information content (AvgIpc) is 2.30. The van der Waals surface area contributed by atoms with Crippen LogP contribution in [0.25, 0.3) is 0 Å². The lowest BCUT2D eigenvalue weighted by atomic mass is 9.85. The van der Waals surface area contributed by atoms with Crippen LogP contribution in [-0.2, 0) is 0 Å². The lowest BCUT2D eigenvalue weighted by Crippen LogP contribution is -2.37. The predicted octanol–water partition coefficient (Wildman–Crippen LogP) is 3.20. The summed E-state index contributed by atoms with van der Waals surface area (Å²) in [7, 11) is -1.48. The number of hydrogen-bond donors (Lipinski definition) is 2. The van der Waals surface area contributed by atoms with Crippen molar-refractivity contribution < 1.29 is 10.2 Å². The molecule has 0 heterocycles. The second-order valence-electron chi connectivity index (χ2n) is 6.32. The summed E-state index contributed by atoms with van der Waals surface area (Å²) >= 11 is 0. The van der Waals surface area contributed by atoms with E-state index in [1.165, 1.54) is 12.8 Å². The van der Waals surface area contributed by atoms with E-state index >= 15 is 0 Å². The van der Waals surface area contributed by atoms with E-state index in [-0.39, 0.29) is 12.5 Å². The molecule has 0 saturated carbocycles. The standard InChI is InChI=1S/C15H30O2Si/c1-6-7-8-9-10-15(17,14(2)13-16)11-12-18(3,4)5/h14,16-17H,6-10,13H2,1-5H3. The highest BCUT2D eigenvalue weighted by molar-refractivity contribution is 6.83. The first kappa shape index (κ1) is 17.7. The van der Waals surface area contributed by atoms with Crippen LogP contribution in [0.15, 0.2) is 0 Å². The van der Waals surface area contributed by atoms with Gasteiger partial charge in [-0.05, 0) is 12.8 Å². The van der Waals surface area contributed by atoms with Gasteiger partial charge in [0.2, 0.25) is 0 Å². The lowest BCUT2D eigenvalue weighted by molar-refractivity contribution is 0.00916. The van der Waals surface area contributed by atoms with Gasteiger partial charge >= 0.3 is 0 Å². The van der Waals surface area contributed by atoms with Gasteiger partial charge in [0.25, 0.3) is 0 Å². The molecular formula is C15H30O2Si. The minimum Gasteiger partial charge on any atom is -0.396 e. The summed E-state index contributed by atoms with van der Waals surface area (Å²) in [4.78, 5) is 0. The second kappa shape index (κ2) is 7.99. The van der Waals surface area contributed by atoms with Crippen LogP contribution < -0.4 is 0 Å². The van der Waals surface area contributed by atoms with Crippen molar-refractivity contribution in [3.05, 3.63) is 0 Å².